The molecule has 174 valence electrons. The number of aliphatic hydroxyl groups is 1. The summed E-state index contributed by atoms with van der Waals surface area (Å²) in [7, 11) is 0. The maximum Gasteiger partial charge on any atom is 0.131 e. The highest BCUT2D eigenvalue weighted by molar-refractivity contribution is 5.83. The van der Waals surface area contributed by atoms with Gasteiger partial charge >= 0.3 is 0 Å². The van der Waals surface area contributed by atoms with Crippen LogP contribution in [0.25, 0.3) is 27.8 Å². The van der Waals surface area contributed by atoms with Crippen LogP contribution >= 0.6 is 0 Å². The highest BCUT2D eigenvalue weighted by Gasteiger charge is 2.26. The van der Waals surface area contributed by atoms with E-state index in [9.17, 15) is 10.4 Å². The van der Waals surface area contributed by atoms with Gasteiger partial charge in [0, 0.05) is 47.1 Å². The molecule has 0 atom stereocenters. The van der Waals surface area contributed by atoms with Crippen LogP contribution in [0.2, 0.25) is 0 Å². The fraction of sp³-hybridized carbons (Fsp3) is 0.385. The van der Waals surface area contributed by atoms with Crippen molar-refractivity contribution < 1.29 is 9.50 Å². The van der Waals surface area contributed by atoms with E-state index in [1.54, 1.807) is 60.1 Å². The first-order valence-electron chi connectivity index (χ1n) is 11.6. The predicted molar refractivity (Wildman–Crippen MR) is 126 cm³/mol. The first-order valence-corrected chi connectivity index (χ1v) is 11.6. The molecular weight excluding hydrogens is 431 g/mol. The fourth-order valence-corrected chi connectivity index (χ4v) is 4.87. The lowest BCUT2D eigenvalue weighted by atomic mass is 9.80. The number of benzene rings is 1. The minimum atomic E-state index is -0.887. The molecule has 1 aliphatic carbocycles. The van der Waals surface area contributed by atoms with Gasteiger partial charge in [-0.1, -0.05) is 12.1 Å². The maximum absolute atomic E-state index is 15.4. The molecule has 34 heavy (non-hydrogen) atoms. The van der Waals surface area contributed by atoms with E-state index < -0.39 is 5.60 Å². The van der Waals surface area contributed by atoms with Crippen molar-refractivity contribution in [1.82, 2.24) is 24.4 Å². The first kappa shape index (κ1) is 22.2. The van der Waals surface area contributed by atoms with Crippen molar-refractivity contribution in [1.29, 1.82) is 5.26 Å². The number of hydrogen-bond acceptors (Lipinski definition) is 5. The number of nitriles is 1. The van der Waals surface area contributed by atoms with Gasteiger partial charge in [-0.15, -0.1) is 0 Å². The van der Waals surface area contributed by atoms with E-state index in [1.807, 2.05) is 6.07 Å². The van der Waals surface area contributed by atoms with Gasteiger partial charge in [0.15, 0.2) is 0 Å². The van der Waals surface area contributed by atoms with Crippen molar-refractivity contribution in [2.45, 2.75) is 57.6 Å². The molecule has 1 fully saturated rings. The van der Waals surface area contributed by atoms with Gasteiger partial charge in [-0.05, 0) is 51.2 Å². The molecule has 5 rings (SSSR count). The number of nitrogens with zero attached hydrogens (tertiary/aromatic N) is 6. The van der Waals surface area contributed by atoms with Gasteiger partial charge < -0.3 is 5.11 Å². The molecule has 3 heterocycles. The van der Waals surface area contributed by atoms with E-state index in [2.05, 4.69) is 21.3 Å². The zero-order valence-electron chi connectivity index (χ0n) is 19.3. The molecule has 0 bridgehead atoms. The van der Waals surface area contributed by atoms with Crippen LogP contribution in [0.3, 0.4) is 0 Å². The minimum Gasteiger partial charge on any atom is -0.389 e. The van der Waals surface area contributed by atoms with Crippen molar-refractivity contribution in [2.75, 3.05) is 0 Å². The second-order valence-corrected chi connectivity index (χ2v) is 9.78. The first-order chi connectivity index (χ1) is 16.3. The molecule has 0 aliphatic heterocycles. The quantitative estimate of drug-likeness (QED) is 0.456. The Balaban J connectivity index is 1.48. The normalized spacial score (nSPS) is 18.8. The van der Waals surface area contributed by atoms with Crippen LogP contribution in [0.1, 0.15) is 51.1 Å². The SMILES string of the molecule is CC(C)(O)Cn1cc(-c2ccc(-c3cnn4ccnc(C5CCC(C#N)CC5)c34)c(F)c2)cn1. The Hall–Kier alpha value is -3.57. The van der Waals surface area contributed by atoms with Gasteiger partial charge in [0.1, 0.15) is 5.82 Å². The predicted octanol–water partition coefficient (Wildman–Crippen LogP) is 4.97. The monoisotopic (exact) mass is 458 g/mol. The Morgan fingerprint density at radius 2 is 1.91 bits per heavy atom. The molecular formula is C26H27FN6O. The van der Waals surface area contributed by atoms with Crippen LogP contribution in [0, 0.1) is 23.1 Å². The van der Waals surface area contributed by atoms with Crippen molar-refractivity contribution >= 4 is 5.52 Å². The maximum atomic E-state index is 15.4. The lowest BCUT2D eigenvalue weighted by Gasteiger charge is -2.25. The molecule has 1 aromatic carbocycles. The van der Waals surface area contributed by atoms with E-state index in [-0.39, 0.29) is 17.7 Å². The fourth-order valence-electron chi connectivity index (χ4n) is 4.87. The smallest absolute Gasteiger partial charge is 0.131 e. The van der Waals surface area contributed by atoms with Crippen LogP contribution in [0.15, 0.2) is 49.2 Å². The lowest BCUT2D eigenvalue weighted by Crippen LogP contribution is -2.26. The number of halogens is 1. The van der Waals surface area contributed by atoms with Gasteiger partial charge in [0.05, 0.1) is 41.8 Å². The summed E-state index contributed by atoms with van der Waals surface area (Å²) in [5, 5.41) is 28.0. The second kappa shape index (κ2) is 8.65. The number of hydrogen-bond donors (Lipinski definition) is 1. The number of fused-ring (bicyclic) bond motifs is 1. The van der Waals surface area contributed by atoms with Crippen LogP contribution in [-0.4, -0.2) is 35.1 Å². The van der Waals surface area contributed by atoms with E-state index in [1.165, 1.54) is 6.07 Å². The molecule has 1 aliphatic rings. The van der Waals surface area contributed by atoms with Crippen LogP contribution < -0.4 is 0 Å². The Kier molecular flexibility index (Phi) is 5.66. The molecule has 0 amide bonds. The van der Waals surface area contributed by atoms with E-state index in [0.29, 0.717) is 23.2 Å². The second-order valence-electron chi connectivity index (χ2n) is 9.78. The molecule has 4 aromatic rings. The van der Waals surface area contributed by atoms with E-state index >= 15 is 4.39 Å². The van der Waals surface area contributed by atoms with Gasteiger partial charge in [-0.25, -0.2) is 8.91 Å². The molecule has 3 aromatic heterocycles. The zero-order chi connectivity index (χ0) is 23.9. The molecule has 0 spiro atoms. The summed E-state index contributed by atoms with van der Waals surface area (Å²) in [4.78, 5) is 4.67. The van der Waals surface area contributed by atoms with Crippen LogP contribution in [0.4, 0.5) is 4.39 Å². The van der Waals surface area contributed by atoms with Crippen molar-refractivity contribution in [3.05, 3.63) is 60.7 Å². The molecule has 1 saturated carbocycles. The molecule has 0 unspecified atom stereocenters. The van der Waals surface area contributed by atoms with Gasteiger partial charge in [-0.2, -0.15) is 15.5 Å². The third-order valence-corrected chi connectivity index (χ3v) is 6.53. The van der Waals surface area contributed by atoms with E-state index in [4.69, 9.17) is 0 Å². The average Bonchev–Trinajstić information content (AvgIpc) is 3.45. The Labute approximate surface area is 197 Å². The highest BCUT2D eigenvalue weighted by atomic mass is 19.1. The van der Waals surface area contributed by atoms with E-state index in [0.717, 1.165) is 42.5 Å². The summed E-state index contributed by atoms with van der Waals surface area (Å²) in [6, 6.07) is 7.54. The van der Waals surface area contributed by atoms with Crippen molar-refractivity contribution in [3.8, 4) is 28.3 Å². The summed E-state index contributed by atoms with van der Waals surface area (Å²) in [5.74, 6) is -0.00325. The number of rotatable bonds is 5. The highest BCUT2D eigenvalue weighted by Crippen LogP contribution is 2.39. The summed E-state index contributed by atoms with van der Waals surface area (Å²) in [6.45, 7) is 3.79. The lowest BCUT2D eigenvalue weighted by molar-refractivity contribution is 0.0577. The molecule has 8 heteroatoms. The van der Waals surface area contributed by atoms with Crippen molar-refractivity contribution in [3.63, 3.8) is 0 Å². The third-order valence-electron chi connectivity index (χ3n) is 6.53. The molecule has 7 nitrogen and oxygen atoms in total. The Morgan fingerprint density at radius 3 is 2.62 bits per heavy atom. The average molecular weight is 459 g/mol. The molecule has 0 radical (unpaired) electrons. The van der Waals surface area contributed by atoms with Crippen LogP contribution in [-0.2, 0) is 6.54 Å². The standard InChI is InChI=1S/C26H27FN6O/c1-26(2,34)16-32-15-20(13-30-32)19-7-8-21(23(27)11-19)22-14-31-33-10-9-29-24(25(22)33)18-5-3-17(12-28)4-6-18/h7-11,13-15,17-18,34H,3-6,16H2,1-2H3. The Morgan fingerprint density at radius 1 is 1.12 bits per heavy atom. The minimum absolute atomic E-state index is 0.109. The summed E-state index contributed by atoms with van der Waals surface area (Å²) < 4.78 is 18.8. The van der Waals surface area contributed by atoms with Crippen LogP contribution in [0.5, 0.6) is 0 Å². The molecule has 1 N–H and O–H groups in total. The number of aromatic nitrogens is 5. The summed E-state index contributed by atoms with van der Waals surface area (Å²) >= 11 is 0. The molecule has 0 saturated heterocycles. The topological polar surface area (TPSA) is 92.0 Å². The van der Waals surface area contributed by atoms with Gasteiger partial charge in [0.2, 0.25) is 0 Å². The third kappa shape index (κ3) is 4.31. The largest absolute Gasteiger partial charge is 0.389 e. The van der Waals surface area contributed by atoms with Gasteiger partial charge in [-0.3, -0.25) is 9.67 Å². The zero-order valence-corrected chi connectivity index (χ0v) is 19.3. The summed E-state index contributed by atoms with van der Waals surface area (Å²) in [5.41, 5.74) is 3.55. The Bertz CT molecular complexity index is 1370. The van der Waals surface area contributed by atoms with Gasteiger partial charge in [0.25, 0.3) is 0 Å². The summed E-state index contributed by atoms with van der Waals surface area (Å²) in [6.07, 6.45) is 12.2. The van der Waals surface area contributed by atoms with Crippen molar-refractivity contribution in [2.24, 2.45) is 5.92 Å².